The summed E-state index contributed by atoms with van der Waals surface area (Å²) in [7, 11) is 3.27. The summed E-state index contributed by atoms with van der Waals surface area (Å²) in [5.41, 5.74) is 7.24. The number of aromatic amines is 1. The second-order valence-corrected chi connectivity index (χ2v) is 9.25. The molecule has 0 saturated carbocycles. The highest BCUT2D eigenvalue weighted by Gasteiger charge is 2.39. The molecular weight excluding hydrogens is 460 g/mol. The highest BCUT2D eigenvalue weighted by Crippen LogP contribution is 2.45. The lowest BCUT2D eigenvalue weighted by molar-refractivity contribution is 0.0753. The average Bonchev–Trinajstić information content (AvgIpc) is 3.47. The Balaban J connectivity index is 1.46. The first-order valence-electron chi connectivity index (χ1n) is 12.5. The Morgan fingerprint density at radius 1 is 0.811 bits per heavy atom. The van der Waals surface area contributed by atoms with Crippen molar-refractivity contribution in [1.82, 2.24) is 9.88 Å². The van der Waals surface area contributed by atoms with Gasteiger partial charge in [0.15, 0.2) is 11.5 Å². The molecule has 1 aliphatic rings. The van der Waals surface area contributed by atoms with E-state index in [1.54, 1.807) is 14.2 Å². The number of nitrogens with zero attached hydrogens (tertiary/aromatic N) is 1. The molecule has 1 amide bonds. The highest BCUT2D eigenvalue weighted by molar-refractivity contribution is 6.02. The van der Waals surface area contributed by atoms with E-state index in [9.17, 15) is 4.79 Å². The molecule has 0 fully saturated rings. The standard InChI is InChI=1S/C32H28N2O3/c1-36-27-17-16-21(20-28(27)37-2)18-19-34-31(23-12-6-7-13-24(23)32(34)35)29-25-14-8-9-15-26(25)33-30(29)22-10-4-3-5-11-22/h3-17,20,31,33H,18-19H2,1-2H3/t31-/m0/s1. The molecule has 1 aromatic heterocycles. The zero-order valence-corrected chi connectivity index (χ0v) is 20.9. The lowest BCUT2D eigenvalue weighted by atomic mass is 9.93. The Morgan fingerprint density at radius 2 is 1.54 bits per heavy atom. The van der Waals surface area contributed by atoms with E-state index >= 15 is 0 Å². The van der Waals surface area contributed by atoms with Crippen LogP contribution in [0, 0.1) is 0 Å². The molecule has 1 atom stereocenters. The van der Waals surface area contributed by atoms with Crippen LogP contribution in [0.1, 0.15) is 33.1 Å². The van der Waals surface area contributed by atoms with Crippen molar-refractivity contribution in [2.24, 2.45) is 0 Å². The van der Waals surface area contributed by atoms with Crippen molar-refractivity contribution in [2.45, 2.75) is 12.5 Å². The van der Waals surface area contributed by atoms with Crippen LogP contribution in [0.3, 0.4) is 0 Å². The second kappa shape index (κ2) is 9.51. The summed E-state index contributed by atoms with van der Waals surface area (Å²) in [5.74, 6) is 1.45. The summed E-state index contributed by atoms with van der Waals surface area (Å²) in [6, 6.07) is 32.4. The predicted molar refractivity (Wildman–Crippen MR) is 146 cm³/mol. The molecule has 0 spiro atoms. The first kappa shape index (κ1) is 22.9. The summed E-state index contributed by atoms with van der Waals surface area (Å²) in [4.78, 5) is 19.5. The van der Waals surface area contributed by atoms with Gasteiger partial charge in [-0.2, -0.15) is 0 Å². The monoisotopic (exact) mass is 488 g/mol. The van der Waals surface area contributed by atoms with Gasteiger partial charge in [-0.3, -0.25) is 4.79 Å². The van der Waals surface area contributed by atoms with E-state index in [4.69, 9.17) is 9.47 Å². The number of hydrogen-bond donors (Lipinski definition) is 1. The van der Waals surface area contributed by atoms with Gasteiger partial charge < -0.3 is 19.4 Å². The molecule has 0 aliphatic carbocycles. The lowest BCUT2D eigenvalue weighted by Gasteiger charge is -2.27. The summed E-state index contributed by atoms with van der Waals surface area (Å²) in [6.07, 6.45) is 0.694. The number of aromatic nitrogens is 1. The van der Waals surface area contributed by atoms with Crippen LogP contribution in [0.15, 0.2) is 97.1 Å². The van der Waals surface area contributed by atoms with E-state index in [-0.39, 0.29) is 11.9 Å². The summed E-state index contributed by atoms with van der Waals surface area (Å²) >= 11 is 0. The summed E-state index contributed by atoms with van der Waals surface area (Å²) < 4.78 is 10.9. The lowest BCUT2D eigenvalue weighted by Crippen LogP contribution is -2.31. The maximum absolute atomic E-state index is 13.8. The Morgan fingerprint density at radius 3 is 2.35 bits per heavy atom. The van der Waals surface area contributed by atoms with Crippen molar-refractivity contribution in [1.29, 1.82) is 0 Å². The molecule has 5 aromatic rings. The van der Waals surface area contributed by atoms with Gasteiger partial charge in [-0.15, -0.1) is 0 Å². The highest BCUT2D eigenvalue weighted by atomic mass is 16.5. The van der Waals surface area contributed by atoms with Crippen molar-refractivity contribution in [3.8, 4) is 22.8 Å². The maximum Gasteiger partial charge on any atom is 0.255 e. The quantitative estimate of drug-likeness (QED) is 0.279. The molecule has 2 heterocycles. The van der Waals surface area contributed by atoms with Gasteiger partial charge >= 0.3 is 0 Å². The number of para-hydroxylation sites is 1. The van der Waals surface area contributed by atoms with Crippen LogP contribution in [-0.2, 0) is 6.42 Å². The normalized spacial score (nSPS) is 14.7. The minimum absolute atomic E-state index is 0.0605. The van der Waals surface area contributed by atoms with E-state index in [0.717, 1.165) is 44.4 Å². The molecule has 184 valence electrons. The number of hydrogen-bond acceptors (Lipinski definition) is 3. The third-order valence-electron chi connectivity index (χ3n) is 7.23. The molecule has 0 radical (unpaired) electrons. The summed E-state index contributed by atoms with van der Waals surface area (Å²) in [5, 5.41) is 1.13. The summed E-state index contributed by atoms with van der Waals surface area (Å²) in [6.45, 7) is 0.571. The maximum atomic E-state index is 13.8. The van der Waals surface area contributed by atoms with Gasteiger partial charge in [-0.1, -0.05) is 72.8 Å². The number of rotatable bonds is 7. The minimum atomic E-state index is -0.199. The minimum Gasteiger partial charge on any atom is -0.493 e. The first-order valence-corrected chi connectivity index (χ1v) is 12.5. The number of ether oxygens (including phenoxy) is 2. The van der Waals surface area contributed by atoms with Crippen molar-refractivity contribution in [3.63, 3.8) is 0 Å². The van der Waals surface area contributed by atoms with E-state index in [2.05, 4.69) is 41.4 Å². The molecule has 37 heavy (non-hydrogen) atoms. The van der Waals surface area contributed by atoms with Gasteiger partial charge in [0, 0.05) is 28.6 Å². The van der Waals surface area contributed by atoms with E-state index < -0.39 is 0 Å². The van der Waals surface area contributed by atoms with E-state index in [0.29, 0.717) is 24.5 Å². The fraction of sp³-hybridized carbons (Fsp3) is 0.156. The molecular formula is C32H28N2O3. The Labute approximate surface area is 216 Å². The number of fused-ring (bicyclic) bond motifs is 2. The Bertz CT molecular complexity index is 1590. The molecule has 6 rings (SSSR count). The number of carbonyl (C=O) groups excluding carboxylic acids is 1. The average molecular weight is 489 g/mol. The van der Waals surface area contributed by atoms with E-state index in [1.165, 1.54) is 0 Å². The zero-order chi connectivity index (χ0) is 25.4. The van der Waals surface area contributed by atoms with Crippen molar-refractivity contribution >= 4 is 16.8 Å². The molecule has 4 aromatic carbocycles. The molecule has 5 heteroatoms. The SMILES string of the molecule is COc1ccc(CCN2C(=O)c3ccccc3[C@H]2c2c(-c3ccccc3)[nH]c3ccccc23)cc1OC. The smallest absolute Gasteiger partial charge is 0.255 e. The van der Waals surface area contributed by atoms with Crippen LogP contribution in [-0.4, -0.2) is 36.6 Å². The molecule has 0 unspecified atom stereocenters. The third kappa shape index (κ3) is 3.93. The molecule has 0 bridgehead atoms. The van der Waals surface area contributed by atoms with Gasteiger partial charge in [0.05, 0.1) is 26.0 Å². The predicted octanol–water partition coefficient (Wildman–Crippen LogP) is 6.64. The fourth-order valence-electron chi connectivity index (χ4n) is 5.48. The van der Waals surface area contributed by atoms with Gasteiger partial charge in [0.1, 0.15) is 0 Å². The van der Waals surface area contributed by atoms with Crippen LogP contribution < -0.4 is 9.47 Å². The Hall–Kier alpha value is -4.51. The number of nitrogens with one attached hydrogen (secondary N) is 1. The second-order valence-electron chi connectivity index (χ2n) is 9.25. The van der Waals surface area contributed by atoms with Gasteiger partial charge in [-0.05, 0) is 47.4 Å². The van der Waals surface area contributed by atoms with Crippen LogP contribution in [0.25, 0.3) is 22.2 Å². The van der Waals surface area contributed by atoms with E-state index in [1.807, 2.05) is 65.6 Å². The van der Waals surface area contributed by atoms with Gasteiger partial charge in [0.25, 0.3) is 5.91 Å². The van der Waals surface area contributed by atoms with Crippen molar-refractivity contribution in [2.75, 3.05) is 20.8 Å². The van der Waals surface area contributed by atoms with Crippen LogP contribution in [0.2, 0.25) is 0 Å². The topological polar surface area (TPSA) is 54.6 Å². The van der Waals surface area contributed by atoms with Crippen molar-refractivity contribution < 1.29 is 14.3 Å². The number of benzene rings is 4. The molecule has 1 N–H and O–H groups in total. The number of amides is 1. The first-order chi connectivity index (χ1) is 18.2. The fourth-order valence-corrected chi connectivity index (χ4v) is 5.48. The van der Waals surface area contributed by atoms with Crippen molar-refractivity contribution in [3.05, 3.63) is 119 Å². The zero-order valence-electron chi connectivity index (χ0n) is 20.9. The molecule has 1 aliphatic heterocycles. The van der Waals surface area contributed by atoms with Crippen LogP contribution in [0.5, 0.6) is 11.5 Å². The number of methoxy groups -OCH3 is 2. The van der Waals surface area contributed by atoms with Crippen LogP contribution >= 0.6 is 0 Å². The number of H-pyrrole nitrogens is 1. The Kier molecular flexibility index (Phi) is 5.89. The molecule has 0 saturated heterocycles. The largest absolute Gasteiger partial charge is 0.493 e. The number of carbonyl (C=O) groups is 1. The molecule has 5 nitrogen and oxygen atoms in total. The van der Waals surface area contributed by atoms with Gasteiger partial charge in [-0.25, -0.2) is 0 Å². The van der Waals surface area contributed by atoms with Crippen LogP contribution in [0.4, 0.5) is 0 Å². The third-order valence-corrected chi connectivity index (χ3v) is 7.23. The van der Waals surface area contributed by atoms with Gasteiger partial charge in [0.2, 0.25) is 0 Å².